The van der Waals surface area contributed by atoms with Crippen molar-refractivity contribution in [2.24, 2.45) is 0 Å². The molecule has 0 aliphatic heterocycles. The Kier molecular flexibility index (Phi) is 6.59. The molecule has 1 aromatic heterocycles. The summed E-state index contributed by atoms with van der Waals surface area (Å²) in [4.78, 5) is 4.43. The summed E-state index contributed by atoms with van der Waals surface area (Å²) in [5.41, 5.74) is 4.16. The van der Waals surface area contributed by atoms with Gasteiger partial charge in [0.05, 0.1) is 11.3 Å². The maximum atomic E-state index is 13.5. The van der Waals surface area contributed by atoms with Gasteiger partial charge in [-0.05, 0) is 53.1 Å². The van der Waals surface area contributed by atoms with Crippen LogP contribution in [-0.2, 0) is 12.6 Å². The van der Waals surface area contributed by atoms with Crippen molar-refractivity contribution in [1.82, 2.24) is 4.98 Å². The fourth-order valence-corrected chi connectivity index (χ4v) is 4.15. The number of alkyl halides is 3. The van der Waals surface area contributed by atoms with Crippen LogP contribution in [0.5, 0.6) is 0 Å². The minimum Gasteiger partial charge on any atom is -0.256 e. The van der Waals surface area contributed by atoms with E-state index in [0.717, 1.165) is 29.2 Å². The van der Waals surface area contributed by atoms with Crippen LogP contribution >= 0.6 is 0 Å². The van der Waals surface area contributed by atoms with Crippen LogP contribution in [0.4, 0.5) is 13.2 Å². The summed E-state index contributed by atoms with van der Waals surface area (Å²) in [5, 5.41) is 0.671. The van der Waals surface area contributed by atoms with Crippen molar-refractivity contribution in [1.29, 1.82) is 0 Å². The maximum absolute atomic E-state index is 13.5. The molecular formula is C28H26F3N. The molecule has 0 aliphatic rings. The zero-order valence-electron chi connectivity index (χ0n) is 18.1. The molecule has 4 rings (SSSR count). The number of fused-ring (bicyclic) bond motifs is 1. The Balaban J connectivity index is 1.65. The summed E-state index contributed by atoms with van der Waals surface area (Å²) < 4.78 is 40.4. The molecule has 0 saturated heterocycles. The summed E-state index contributed by atoms with van der Waals surface area (Å²) in [6, 6.07) is 22.1. The van der Waals surface area contributed by atoms with Gasteiger partial charge in [-0.3, -0.25) is 4.98 Å². The van der Waals surface area contributed by atoms with Crippen LogP contribution in [0.15, 0.2) is 79.0 Å². The fourth-order valence-electron chi connectivity index (χ4n) is 4.15. The van der Waals surface area contributed by atoms with E-state index in [9.17, 15) is 13.2 Å². The SMILES string of the molecule is CCCCCCc1ccc(-c2cccc(-c3nccc4c(C(F)(F)F)cccc34)c2)cc1. The molecule has 0 aliphatic carbocycles. The molecule has 164 valence electrons. The van der Waals surface area contributed by atoms with Crippen LogP contribution in [-0.4, -0.2) is 4.98 Å². The van der Waals surface area contributed by atoms with Gasteiger partial charge in [-0.25, -0.2) is 0 Å². The summed E-state index contributed by atoms with van der Waals surface area (Å²) >= 11 is 0. The first-order valence-corrected chi connectivity index (χ1v) is 11.1. The molecule has 1 nitrogen and oxygen atoms in total. The van der Waals surface area contributed by atoms with E-state index < -0.39 is 11.7 Å². The lowest BCUT2D eigenvalue weighted by Crippen LogP contribution is -2.05. The number of rotatable bonds is 7. The van der Waals surface area contributed by atoms with E-state index in [1.807, 2.05) is 24.3 Å². The van der Waals surface area contributed by atoms with Crippen molar-refractivity contribution in [2.75, 3.05) is 0 Å². The van der Waals surface area contributed by atoms with E-state index in [2.05, 4.69) is 36.2 Å². The first-order valence-electron chi connectivity index (χ1n) is 11.1. The smallest absolute Gasteiger partial charge is 0.256 e. The highest BCUT2D eigenvalue weighted by molar-refractivity contribution is 5.97. The number of nitrogens with zero attached hydrogens (tertiary/aromatic N) is 1. The lowest BCUT2D eigenvalue weighted by atomic mass is 9.96. The average molecular weight is 434 g/mol. The number of aryl methyl sites for hydroxylation is 1. The highest BCUT2D eigenvalue weighted by Crippen LogP contribution is 2.37. The highest BCUT2D eigenvalue weighted by Gasteiger charge is 2.32. The minimum absolute atomic E-state index is 0.169. The first-order chi connectivity index (χ1) is 15.5. The Labute approximate surface area is 186 Å². The standard InChI is InChI=1S/C28H26F3N/c1-2-3-4-5-8-20-13-15-21(16-14-20)22-9-6-10-23(19-22)27-25-11-7-12-26(28(29,30)31)24(25)17-18-32-27/h6-7,9-19H,2-5,8H2,1H3. The second-order valence-electron chi connectivity index (χ2n) is 8.15. The third-order valence-corrected chi connectivity index (χ3v) is 5.85. The van der Waals surface area contributed by atoms with Gasteiger partial charge in [-0.15, -0.1) is 0 Å². The van der Waals surface area contributed by atoms with E-state index in [4.69, 9.17) is 0 Å². The normalized spacial score (nSPS) is 11.8. The molecule has 4 heteroatoms. The number of pyridine rings is 1. The monoisotopic (exact) mass is 433 g/mol. The molecule has 0 amide bonds. The molecule has 3 aromatic carbocycles. The Morgan fingerprint density at radius 2 is 1.47 bits per heavy atom. The number of aromatic nitrogens is 1. The van der Waals surface area contributed by atoms with Crippen molar-refractivity contribution in [3.8, 4) is 22.4 Å². The van der Waals surface area contributed by atoms with Gasteiger partial charge in [0.1, 0.15) is 0 Å². The lowest BCUT2D eigenvalue weighted by Gasteiger charge is -2.13. The fraction of sp³-hybridized carbons (Fsp3) is 0.250. The average Bonchev–Trinajstić information content (AvgIpc) is 2.81. The van der Waals surface area contributed by atoms with Gasteiger partial charge >= 0.3 is 6.18 Å². The van der Waals surface area contributed by atoms with Gasteiger partial charge in [0.25, 0.3) is 0 Å². The Morgan fingerprint density at radius 1 is 0.719 bits per heavy atom. The molecule has 0 fully saturated rings. The van der Waals surface area contributed by atoms with Gasteiger partial charge in [-0.1, -0.05) is 80.8 Å². The Morgan fingerprint density at radius 3 is 2.22 bits per heavy atom. The maximum Gasteiger partial charge on any atom is 0.417 e. The van der Waals surface area contributed by atoms with Crippen LogP contribution in [0.2, 0.25) is 0 Å². The first kappa shape index (κ1) is 22.1. The molecule has 0 bridgehead atoms. The van der Waals surface area contributed by atoms with Crippen molar-refractivity contribution in [2.45, 2.75) is 45.2 Å². The third-order valence-electron chi connectivity index (χ3n) is 5.85. The van der Waals surface area contributed by atoms with E-state index in [0.29, 0.717) is 11.1 Å². The van der Waals surface area contributed by atoms with Crippen LogP contribution < -0.4 is 0 Å². The van der Waals surface area contributed by atoms with Crippen LogP contribution in [0.3, 0.4) is 0 Å². The van der Waals surface area contributed by atoms with Crippen LogP contribution in [0.25, 0.3) is 33.2 Å². The largest absolute Gasteiger partial charge is 0.417 e. The van der Waals surface area contributed by atoms with E-state index in [1.165, 1.54) is 49.6 Å². The quantitative estimate of drug-likeness (QED) is 0.266. The van der Waals surface area contributed by atoms with Gasteiger partial charge in [0.15, 0.2) is 0 Å². The molecule has 4 aromatic rings. The lowest BCUT2D eigenvalue weighted by molar-refractivity contribution is -0.136. The zero-order valence-corrected chi connectivity index (χ0v) is 18.1. The molecule has 0 atom stereocenters. The Hall–Kier alpha value is -3.14. The number of hydrogen-bond donors (Lipinski definition) is 0. The van der Waals surface area contributed by atoms with Crippen LogP contribution in [0, 0.1) is 0 Å². The highest BCUT2D eigenvalue weighted by atomic mass is 19.4. The second-order valence-corrected chi connectivity index (χ2v) is 8.15. The summed E-state index contributed by atoms with van der Waals surface area (Å²) in [6.45, 7) is 2.21. The van der Waals surface area contributed by atoms with Crippen molar-refractivity contribution in [3.05, 3.63) is 90.1 Å². The van der Waals surface area contributed by atoms with Gasteiger partial charge in [0, 0.05) is 17.1 Å². The van der Waals surface area contributed by atoms with Crippen molar-refractivity contribution < 1.29 is 13.2 Å². The Bertz CT molecular complexity index is 1190. The molecule has 0 unspecified atom stereocenters. The molecule has 0 radical (unpaired) electrons. The molecule has 0 spiro atoms. The molecule has 1 heterocycles. The second kappa shape index (κ2) is 9.56. The number of benzene rings is 3. The summed E-state index contributed by atoms with van der Waals surface area (Å²) in [7, 11) is 0. The van der Waals surface area contributed by atoms with E-state index >= 15 is 0 Å². The van der Waals surface area contributed by atoms with Crippen LogP contribution in [0.1, 0.15) is 43.7 Å². The van der Waals surface area contributed by atoms with Gasteiger partial charge < -0.3 is 0 Å². The minimum atomic E-state index is -4.40. The number of unbranched alkanes of at least 4 members (excludes halogenated alkanes) is 3. The summed E-state index contributed by atoms with van der Waals surface area (Å²) in [6.07, 6.45) is 3.10. The van der Waals surface area contributed by atoms with E-state index in [1.54, 1.807) is 6.07 Å². The van der Waals surface area contributed by atoms with Gasteiger partial charge in [-0.2, -0.15) is 13.2 Å². The summed E-state index contributed by atoms with van der Waals surface area (Å²) in [5.74, 6) is 0. The molecule has 0 N–H and O–H groups in total. The topological polar surface area (TPSA) is 12.9 Å². The van der Waals surface area contributed by atoms with Crippen molar-refractivity contribution >= 4 is 10.8 Å². The zero-order chi connectivity index (χ0) is 22.6. The third kappa shape index (κ3) is 4.85. The predicted octanol–water partition coefficient (Wildman–Crippen LogP) is 8.71. The van der Waals surface area contributed by atoms with Crippen molar-refractivity contribution in [3.63, 3.8) is 0 Å². The molecule has 32 heavy (non-hydrogen) atoms. The number of halogens is 3. The predicted molar refractivity (Wildman–Crippen MR) is 125 cm³/mol. The number of hydrogen-bond acceptors (Lipinski definition) is 1. The molecular weight excluding hydrogens is 407 g/mol. The van der Waals surface area contributed by atoms with E-state index in [-0.39, 0.29) is 5.39 Å². The molecule has 0 saturated carbocycles. The van der Waals surface area contributed by atoms with Gasteiger partial charge in [0.2, 0.25) is 0 Å².